The second kappa shape index (κ2) is 7.79. The van der Waals surface area contributed by atoms with E-state index < -0.39 is 30.4 Å². The predicted molar refractivity (Wildman–Crippen MR) is 79.4 cm³/mol. The SMILES string of the molecule is O=C(O)COCCNC(=O)c1cccc(-n2ccc(C(F)(F)F)n2)c1. The summed E-state index contributed by atoms with van der Waals surface area (Å²) < 4.78 is 43.6. The smallest absolute Gasteiger partial charge is 0.435 e. The maximum absolute atomic E-state index is 12.6. The number of rotatable bonds is 7. The van der Waals surface area contributed by atoms with E-state index >= 15 is 0 Å². The van der Waals surface area contributed by atoms with E-state index in [9.17, 15) is 22.8 Å². The molecule has 2 aromatic rings. The molecule has 0 bridgehead atoms. The van der Waals surface area contributed by atoms with E-state index in [2.05, 4.69) is 10.4 Å². The minimum atomic E-state index is -4.55. The van der Waals surface area contributed by atoms with E-state index in [0.717, 1.165) is 16.9 Å². The number of hydrogen-bond acceptors (Lipinski definition) is 4. The molecule has 0 spiro atoms. The Balaban J connectivity index is 1.99. The topological polar surface area (TPSA) is 93.5 Å². The number of alkyl halides is 3. The van der Waals surface area contributed by atoms with Crippen LogP contribution in [0.1, 0.15) is 16.1 Å². The van der Waals surface area contributed by atoms with Gasteiger partial charge in [0, 0.05) is 18.3 Å². The molecule has 0 aliphatic heterocycles. The number of aliphatic carboxylic acids is 1. The van der Waals surface area contributed by atoms with E-state index in [4.69, 9.17) is 9.84 Å². The van der Waals surface area contributed by atoms with Crippen molar-refractivity contribution in [2.45, 2.75) is 6.18 Å². The van der Waals surface area contributed by atoms with Crippen LogP contribution >= 0.6 is 0 Å². The van der Waals surface area contributed by atoms with Crippen LogP contribution in [0.3, 0.4) is 0 Å². The van der Waals surface area contributed by atoms with Gasteiger partial charge in [0.1, 0.15) is 6.61 Å². The Morgan fingerprint density at radius 3 is 2.68 bits per heavy atom. The average molecular weight is 357 g/mol. The molecule has 1 aromatic carbocycles. The van der Waals surface area contributed by atoms with Crippen molar-refractivity contribution >= 4 is 11.9 Å². The lowest BCUT2D eigenvalue weighted by atomic mass is 10.2. The fourth-order valence-electron chi connectivity index (χ4n) is 1.91. The van der Waals surface area contributed by atoms with Crippen molar-refractivity contribution in [2.75, 3.05) is 19.8 Å². The van der Waals surface area contributed by atoms with Crippen LogP contribution < -0.4 is 5.32 Å². The molecule has 25 heavy (non-hydrogen) atoms. The van der Waals surface area contributed by atoms with Crippen molar-refractivity contribution in [3.8, 4) is 5.69 Å². The summed E-state index contributed by atoms with van der Waals surface area (Å²) in [6.07, 6.45) is -3.39. The van der Waals surface area contributed by atoms with Gasteiger partial charge in [-0.2, -0.15) is 18.3 Å². The molecular formula is C15H14F3N3O4. The third kappa shape index (κ3) is 5.31. The lowest BCUT2D eigenvalue weighted by Gasteiger charge is -2.07. The number of halogens is 3. The van der Waals surface area contributed by atoms with Crippen LogP contribution in [-0.4, -0.2) is 46.5 Å². The van der Waals surface area contributed by atoms with Crippen LogP contribution in [-0.2, 0) is 15.7 Å². The van der Waals surface area contributed by atoms with Crippen LogP contribution in [0.5, 0.6) is 0 Å². The Morgan fingerprint density at radius 1 is 1.28 bits per heavy atom. The monoisotopic (exact) mass is 357 g/mol. The summed E-state index contributed by atoms with van der Waals surface area (Å²) in [4.78, 5) is 22.3. The maximum Gasteiger partial charge on any atom is 0.435 e. The van der Waals surface area contributed by atoms with Gasteiger partial charge in [-0.1, -0.05) is 6.07 Å². The summed E-state index contributed by atoms with van der Waals surface area (Å²) >= 11 is 0. The van der Waals surface area contributed by atoms with Crippen LogP contribution in [0.15, 0.2) is 36.5 Å². The number of aromatic nitrogens is 2. The highest BCUT2D eigenvalue weighted by atomic mass is 19.4. The molecule has 2 rings (SSSR count). The van der Waals surface area contributed by atoms with Crippen molar-refractivity contribution in [2.24, 2.45) is 0 Å². The molecule has 2 N–H and O–H groups in total. The molecule has 1 heterocycles. The Kier molecular flexibility index (Phi) is 5.75. The number of amides is 1. The van der Waals surface area contributed by atoms with Gasteiger partial charge in [-0.25, -0.2) is 9.48 Å². The molecule has 0 aliphatic carbocycles. The molecule has 1 aromatic heterocycles. The van der Waals surface area contributed by atoms with E-state index in [-0.39, 0.29) is 18.7 Å². The van der Waals surface area contributed by atoms with E-state index in [0.29, 0.717) is 5.69 Å². The minimum absolute atomic E-state index is 0.0197. The number of ether oxygens (including phenoxy) is 1. The minimum Gasteiger partial charge on any atom is -0.480 e. The molecule has 0 saturated heterocycles. The van der Waals surface area contributed by atoms with Gasteiger partial charge < -0.3 is 15.2 Å². The summed E-state index contributed by atoms with van der Waals surface area (Å²) in [5, 5.41) is 14.4. The number of hydrogen-bond donors (Lipinski definition) is 2. The van der Waals surface area contributed by atoms with Crippen molar-refractivity contribution in [1.29, 1.82) is 0 Å². The number of nitrogens with zero attached hydrogens (tertiary/aromatic N) is 2. The van der Waals surface area contributed by atoms with Gasteiger partial charge in [0.2, 0.25) is 0 Å². The summed E-state index contributed by atoms with van der Waals surface area (Å²) in [7, 11) is 0. The number of benzene rings is 1. The zero-order chi connectivity index (χ0) is 18.4. The van der Waals surface area contributed by atoms with Gasteiger partial charge in [0.15, 0.2) is 5.69 Å². The highest BCUT2D eigenvalue weighted by Crippen LogP contribution is 2.27. The zero-order valence-corrected chi connectivity index (χ0v) is 12.8. The zero-order valence-electron chi connectivity index (χ0n) is 12.8. The quantitative estimate of drug-likeness (QED) is 0.736. The third-order valence-electron chi connectivity index (χ3n) is 3.01. The summed E-state index contributed by atoms with van der Waals surface area (Å²) in [6, 6.07) is 6.75. The van der Waals surface area contributed by atoms with Crippen LogP contribution in [0.25, 0.3) is 5.69 Å². The molecule has 0 saturated carbocycles. The van der Waals surface area contributed by atoms with Crippen molar-refractivity contribution in [3.05, 3.63) is 47.8 Å². The predicted octanol–water partition coefficient (Wildman–Crippen LogP) is 1.72. The second-order valence-corrected chi connectivity index (χ2v) is 4.90. The number of carboxylic acids is 1. The molecule has 0 unspecified atom stereocenters. The fourth-order valence-corrected chi connectivity index (χ4v) is 1.91. The highest BCUT2D eigenvalue weighted by molar-refractivity contribution is 5.94. The van der Waals surface area contributed by atoms with Crippen LogP contribution in [0, 0.1) is 0 Å². The molecule has 7 nitrogen and oxygen atoms in total. The normalized spacial score (nSPS) is 11.3. The summed E-state index contributed by atoms with van der Waals surface area (Å²) in [5.41, 5.74) is -0.511. The van der Waals surface area contributed by atoms with Gasteiger partial charge in [0.25, 0.3) is 5.91 Å². The van der Waals surface area contributed by atoms with Gasteiger partial charge in [-0.15, -0.1) is 0 Å². The van der Waals surface area contributed by atoms with Crippen molar-refractivity contribution in [1.82, 2.24) is 15.1 Å². The molecule has 10 heteroatoms. The van der Waals surface area contributed by atoms with E-state index in [1.54, 1.807) is 0 Å². The average Bonchev–Trinajstić information content (AvgIpc) is 3.04. The fraction of sp³-hybridized carbons (Fsp3) is 0.267. The molecule has 0 atom stereocenters. The van der Waals surface area contributed by atoms with Gasteiger partial charge in [0.05, 0.1) is 12.3 Å². The summed E-state index contributed by atoms with van der Waals surface area (Å²) in [5.74, 6) is -1.58. The number of carboxylic acid groups (broad SMARTS) is 1. The molecule has 1 amide bonds. The molecule has 134 valence electrons. The van der Waals surface area contributed by atoms with Gasteiger partial charge >= 0.3 is 12.1 Å². The third-order valence-corrected chi connectivity index (χ3v) is 3.01. The molecular weight excluding hydrogens is 343 g/mol. The van der Waals surface area contributed by atoms with Crippen molar-refractivity contribution in [3.63, 3.8) is 0 Å². The first-order valence-corrected chi connectivity index (χ1v) is 7.08. The Morgan fingerprint density at radius 2 is 2.04 bits per heavy atom. The molecule has 0 radical (unpaired) electrons. The van der Waals surface area contributed by atoms with Gasteiger partial charge in [-0.3, -0.25) is 4.79 Å². The maximum atomic E-state index is 12.6. The van der Waals surface area contributed by atoms with Crippen molar-refractivity contribution < 1.29 is 32.6 Å². The van der Waals surface area contributed by atoms with E-state index in [1.165, 1.54) is 24.3 Å². The second-order valence-electron chi connectivity index (χ2n) is 4.90. The molecule has 0 fully saturated rings. The Bertz CT molecular complexity index is 758. The molecule has 0 aliphatic rings. The number of carbonyl (C=O) groups excluding carboxylic acids is 1. The van der Waals surface area contributed by atoms with Crippen LogP contribution in [0.2, 0.25) is 0 Å². The first-order chi connectivity index (χ1) is 11.8. The largest absolute Gasteiger partial charge is 0.480 e. The Labute approximate surface area is 140 Å². The van der Waals surface area contributed by atoms with E-state index in [1.807, 2.05) is 0 Å². The number of carbonyl (C=O) groups is 2. The first kappa shape index (κ1) is 18.5. The lowest BCUT2D eigenvalue weighted by Crippen LogP contribution is -2.28. The standard InChI is InChI=1S/C15H14F3N3O4/c16-15(17,18)12-4-6-21(20-12)11-3-1-2-10(8-11)14(24)19-5-7-25-9-13(22)23/h1-4,6,8H,5,7,9H2,(H,19,24)(H,22,23). The van der Waals surface area contributed by atoms with Gasteiger partial charge in [-0.05, 0) is 24.3 Å². The Hall–Kier alpha value is -2.88. The number of nitrogens with one attached hydrogen (secondary N) is 1. The lowest BCUT2D eigenvalue weighted by molar-refractivity contribution is -0.142. The summed E-state index contributed by atoms with van der Waals surface area (Å²) in [6.45, 7) is -0.353. The highest BCUT2D eigenvalue weighted by Gasteiger charge is 2.33. The first-order valence-electron chi connectivity index (χ1n) is 7.08. The van der Waals surface area contributed by atoms with Crippen LogP contribution in [0.4, 0.5) is 13.2 Å².